The summed E-state index contributed by atoms with van der Waals surface area (Å²) < 4.78 is 0. The van der Waals surface area contributed by atoms with Gasteiger partial charge >= 0.3 is 0 Å². The summed E-state index contributed by atoms with van der Waals surface area (Å²) in [4.78, 5) is 0. The molecule has 0 bridgehead atoms. The van der Waals surface area contributed by atoms with Gasteiger partial charge in [-0.2, -0.15) is 0 Å². The average Bonchev–Trinajstić information content (AvgIpc) is 2.46. The molecule has 19 heavy (non-hydrogen) atoms. The Labute approximate surface area is 119 Å². The van der Waals surface area contributed by atoms with E-state index in [1.807, 2.05) is 48.5 Å². The number of hydrogen-bond acceptors (Lipinski definition) is 1. The van der Waals surface area contributed by atoms with Crippen LogP contribution < -0.4 is 0 Å². The SMILES string of the molecule is OC/C=C(/CCc1ccc(Cl)cc1)c1ccccc1. The van der Waals surface area contributed by atoms with Gasteiger partial charge in [-0.15, -0.1) is 0 Å². The van der Waals surface area contributed by atoms with Crippen LogP contribution in [0.15, 0.2) is 60.7 Å². The molecular formula is C17H17ClO. The molecule has 0 unspecified atom stereocenters. The monoisotopic (exact) mass is 272 g/mol. The lowest BCUT2D eigenvalue weighted by Crippen LogP contribution is -1.91. The predicted octanol–water partition coefficient (Wildman–Crippen LogP) is 4.35. The second kappa shape index (κ2) is 7.13. The normalized spacial score (nSPS) is 11.6. The zero-order chi connectivity index (χ0) is 13.5. The van der Waals surface area contributed by atoms with Gasteiger partial charge in [-0.1, -0.05) is 60.1 Å². The highest BCUT2D eigenvalue weighted by atomic mass is 35.5. The van der Waals surface area contributed by atoms with Gasteiger partial charge in [0.25, 0.3) is 0 Å². The summed E-state index contributed by atoms with van der Waals surface area (Å²) >= 11 is 5.88. The Morgan fingerprint density at radius 2 is 1.68 bits per heavy atom. The Morgan fingerprint density at radius 1 is 1.00 bits per heavy atom. The summed E-state index contributed by atoms with van der Waals surface area (Å²) in [5, 5.41) is 9.90. The van der Waals surface area contributed by atoms with Gasteiger partial charge in [-0.05, 0) is 41.7 Å². The zero-order valence-electron chi connectivity index (χ0n) is 10.7. The van der Waals surface area contributed by atoms with Crippen LogP contribution in [-0.2, 0) is 6.42 Å². The molecule has 0 aliphatic heterocycles. The first-order valence-electron chi connectivity index (χ1n) is 6.39. The quantitative estimate of drug-likeness (QED) is 0.858. The Kier molecular flexibility index (Phi) is 5.20. The Balaban J connectivity index is 2.06. The van der Waals surface area contributed by atoms with Gasteiger partial charge < -0.3 is 5.11 Å². The van der Waals surface area contributed by atoms with Gasteiger partial charge in [-0.25, -0.2) is 0 Å². The van der Waals surface area contributed by atoms with Crippen molar-refractivity contribution in [1.29, 1.82) is 0 Å². The minimum atomic E-state index is 0.0743. The number of allylic oxidation sites excluding steroid dienone is 1. The highest BCUT2D eigenvalue weighted by Crippen LogP contribution is 2.21. The van der Waals surface area contributed by atoms with Crippen LogP contribution in [0.4, 0.5) is 0 Å². The van der Waals surface area contributed by atoms with Crippen LogP contribution in [0.5, 0.6) is 0 Å². The lowest BCUT2D eigenvalue weighted by molar-refractivity contribution is 0.343. The molecule has 98 valence electrons. The third-order valence-electron chi connectivity index (χ3n) is 3.08. The minimum absolute atomic E-state index is 0.0743. The maximum absolute atomic E-state index is 9.14. The van der Waals surface area contributed by atoms with Crippen molar-refractivity contribution in [3.05, 3.63) is 76.8 Å². The van der Waals surface area contributed by atoms with Gasteiger partial charge in [-0.3, -0.25) is 0 Å². The number of benzene rings is 2. The molecule has 0 aliphatic carbocycles. The third-order valence-corrected chi connectivity index (χ3v) is 3.33. The number of hydrogen-bond donors (Lipinski definition) is 1. The van der Waals surface area contributed by atoms with Crippen molar-refractivity contribution in [2.45, 2.75) is 12.8 Å². The summed E-state index contributed by atoms with van der Waals surface area (Å²) in [6.07, 6.45) is 3.73. The molecule has 2 aromatic carbocycles. The number of aryl methyl sites for hydroxylation is 1. The molecule has 0 heterocycles. The number of aliphatic hydroxyl groups excluding tert-OH is 1. The van der Waals surface area contributed by atoms with Crippen LogP contribution in [0.2, 0.25) is 5.02 Å². The maximum Gasteiger partial charge on any atom is 0.0618 e. The summed E-state index contributed by atoms with van der Waals surface area (Å²) in [6.45, 7) is 0.0743. The second-order valence-corrected chi connectivity index (χ2v) is 4.84. The van der Waals surface area contributed by atoms with Crippen LogP contribution in [0, 0.1) is 0 Å². The van der Waals surface area contributed by atoms with Crippen LogP contribution in [-0.4, -0.2) is 11.7 Å². The van der Waals surface area contributed by atoms with Crippen molar-refractivity contribution in [2.24, 2.45) is 0 Å². The average molecular weight is 273 g/mol. The fourth-order valence-electron chi connectivity index (χ4n) is 2.06. The van der Waals surface area contributed by atoms with E-state index in [-0.39, 0.29) is 6.61 Å². The van der Waals surface area contributed by atoms with E-state index < -0.39 is 0 Å². The van der Waals surface area contributed by atoms with E-state index in [2.05, 4.69) is 12.1 Å². The summed E-state index contributed by atoms with van der Waals surface area (Å²) in [6, 6.07) is 18.1. The first kappa shape index (κ1) is 13.9. The van der Waals surface area contributed by atoms with Gasteiger partial charge in [0.1, 0.15) is 0 Å². The largest absolute Gasteiger partial charge is 0.392 e. The Bertz CT molecular complexity index is 529. The molecular weight excluding hydrogens is 256 g/mol. The molecule has 2 rings (SSSR count). The Hall–Kier alpha value is -1.57. The summed E-state index contributed by atoms with van der Waals surface area (Å²) in [5.74, 6) is 0. The molecule has 0 saturated heterocycles. The first-order chi connectivity index (χ1) is 9.29. The predicted molar refractivity (Wildman–Crippen MR) is 81.3 cm³/mol. The van der Waals surface area contributed by atoms with Gasteiger partial charge in [0.15, 0.2) is 0 Å². The molecule has 0 atom stereocenters. The number of halogens is 1. The third kappa shape index (κ3) is 4.23. The van der Waals surface area contributed by atoms with E-state index >= 15 is 0 Å². The molecule has 1 N–H and O–H groups in total. The van der Waals surface area contributed by atoms with Crippen LogP contribution in [0.3, 0.4) is 0 Å². The van der Waals surface area contributed by atoms with Crippen molar-refractivity contribution in [1.82, 2.24) is 0 Å². The van der Waals surface area contributed by atoms with E-state index in [9.17, 15) is 0 Å². The minimum Gasteiger partial charge on any atom is -0.392 e. The summed E-state index contributed by atoms with van der Waals surface area (Å²) in [5.41, 5.74) is 3.60. The molecule has 1 nitrogen and oxygen atoms in total. The van der Waals surface area contributed by atoms with Crippen molar-refractivity contribution < 1.29 is 5.11 Å². The fourth-order valence-corrected chi connectivity index (χ4v) is 2.18. The van der Waals surface area contributed by atoms with E-state index in [0.29, 0.717) is 0 Å². The molecule has 0 radical (unpaired) electrons. The van der Waals surface area contributed by atoms with E-state index in [1.54, 1.807) is 0 Å². The van der Waals surface area contributed by atoms with Crippen molar-refractivity contribution in [3.63, 3.8) is 0 Å². The molecule has 0 saturated carbocycles. The van der Waals surface area contributed by atoms with Crippen LogP contribution >= 0.6 is 11.6 Å². The maximum atomic E-state index is 9.14. The molecule has 0 aliphatic rings. The van der Waals surface area contributed by atoms with Gasteiger partial charge in [0, 0.05) is 5.02 Å². The topological polar surface area (TPSA) is 20.2 Å². The standard InChI is InChI=1S/C17H17ClO/c18-17-10-7-14(8-11-17)6-9-16(12-13-19)15-4-2-1-3-5-15/h1-5,7-8,10-12,19H,6,9,13H2/b16-12-. The second-order valence-electron chi connectivity index (χ2n) is 4.40. The number of rotatable bonds is 5. The molecule has 0 fully saturated rings. The number of aliphatic hydroxyl groups is 1. The molecule has 0 spiro atoms. The van der Waals surface area contributed by atoms with Crippen molar-refractivity contribution in [3.8, 4) is 0 Å². The van der Waals surface area contributed by atoms with Gasteiger partial charge in [0.05, 0.1) is 6.61 Å². The first-order valence-corrected chi connectivity index (χ1v) is 6.77. The molecule has 2 aromatic rings. The zero-order valence-corrected chi connectivity index (χ0v) is 11.5. The fraction of sp³-hybridized carbons (Fsp3) is 0.176. The van der Waals surface area contributed by atoms with Crippen LogP contribution in [0.1, 0.15) is 17.5 Å². The smallest absolute Gasteiger partial charge is 0.0618 e. The van der Waals surface area contributed by atoms with Gasteiger partial charge in [0.2, 0.25) is 0 Å². The van der Waals surface area contributed by atoms with Crippen molar-refractivity contribution in [2.75, 3.05) is 6.61 Å². The summed E-state index contributed by atoms with van der Waals surface area (Å²) in [7, 11) is 0. The van der Waals surface area contributed by atoms with E-state index in [1.165, 1.54) is 16.7 Å². The highest BCUT2D eigenvalue weighted by molar-refractivity contribution is 6.30. The highest BCUT2D eigenvalue weighted by Gasteiger charge is 2.02. The Morgan fingerprint density at radius 3 is 2.32 bits per heavy atom. The van der Waals surface area contributed by atoms with Crippen LogP contribution in [0.25, 0.3) is 5.57 Å². The molecule has 2 heteroatoms. The lowest BCUT2D eigenvalue weighted by atomic mass is 9.98. The molecule has 0 amide bonds. The lowest BCUT2D eigenvalue weighted by Gasteiger charge is -2.08. The van der Waals surface area contributed by atoms with E-state index in [4.69, 9.17) is 16.7 Å². The van der Waals surface area contributed by atoms with E-state index in [0.717, 1.165) is 17.9 Å². The van der Waals surface area contributed by atoms with Crippen molar-refractivity contribution >= 4 is 17.2 Å². The molecule has 0 aromatic heterocycles.